The minimum absolute atomic E-state index is 0.0798. The van der Waals surface area contributed by atoms with Crippen molar-refractivity contribution in [2.75, 3.05) is 27.9 Å². The molecule has 0 heterocycles. The average Bonchev–Trinajstić information content (AvgIpc) is 2.52. The van der Waals surface area contributed by atoms with E-state index in [1.165, 1.54) is 7.11 Å². The van der Waals surface area contributed by atoms with E-state index in [0.29, 0.717) is 17.9 Å². The van der Waals surface area contributed by atoms with Crippen molar-refractivity contribution in [1.82, 2.24) is 5.32 Å². The first-order valence-corrected chi connectivity index (χ1v) is 6.73. The van der Waals surface area contributed by atoms with Gasteiger partial charge in [-0.05, 0) is 30.2 Å². The van der Waals surface area contributed by atoms with Crippen LogP contribution in [-0.2, 0) is 20.7 Å². The minimum Gasteiger partial charge on any atom is -0.497 e. The number of aryl methyl sites for hydroxylation is 1. The van der Waals surface area contributed by atoms with Crippen LogP contribution in [0.3, 0.4) is 0 Å². The lowest BCUT2D eigenvalue weighted by atomic mass is 10.1. The van der Waals surface area contributed by atoms with Crippen LogP contribution >= 0.6 is 0 Å². The lowest BCUT2D eigenvalue weighted by molar-refractivity contribution is -0.143. The molecule has 0 saturated carbocycles. The summed E-state index contributed by atoms with van der Waals surface area (Å²) in [6.07, 6.45) is 0.544. The molecule has 1 rings (SSSR count). The number of carbonyl (C=O) groups excluding carboxylic acids is 1. The lowest BCUT2D eigenvalue weighted by Gasteiger charge is -2.14. The van der Waals surface area contributed by atoms with Gasteiger partial charge >= 0.3 is 5.97 Å². The van der Waals surface area contributed by atoms with Crippen LogP contribution in [0.1, 0.15) is 12.0 Å². The van der Waals surface area contributed by atoms with Gasteiger partial charge in [-0.25, -0.2) is 4.79 Å². The van der Waals surface area contributed by atoms with E-state index >= 15 is 0 Å². The van der Waals surface area contributed by atoms with E-state index in [1.807, 2.05) is 0 Å². The molecule has 1 atom stereocenters. The Labute approximate surface area is 129 Å². The fourth-order valence-electron chi connectivity index (χ4n) is 1.93. The third-order valence-electron chi connectivity index (χ3n) is 3.08. The maximum absolute atomic E-state index is 11.9. The molecule has 0 radical (unpaired) electrons. The van der Waals surface area contributed by atoms with Crippen LogP contribution in [0, 0.1) is 0 Å². The van der Waals surface area contributed by atoms with E-state index < -0.39 is 12.0 Å². The predicted octanol–water partition coefficient (Wildman–Crippen LogP) is 0.852. The quantitative estimate of drug-likeness (QED) is 0.702. The fourth-order valence-corrected chi connectivity index (χ4v) is 1.93. The normalized spacial score (nSPS) is 11.6. The molecule has 1 aromatic carbocycles. The Kier molecular flexibility index (Phi) is 7.18. The Bertz CT molecular complexity index is 517. The summed E-state index contributed by atoms with van der Waals surface area (Å²) in [6.45, 7) is -0.0798. The van der Waals surface area contributed by atoms with Gasteiger partial charge in [0, 0.05) is 13.5 Å². The molecule has 0 spiro atoms. The Hall–Kier alpha value is -2.28. The molecule has 1 aromatic rings. The van der Waals surface area contributed by atoms with Gasteiger partial charge in [0.15, 0.2) is 6.04 Å². The highest BCUT2D eigenvalue weighted by molar-refractivity contribution is 5.83. The first kappa shape index (κ1) is 17.8. The summed E-state index contributed by atoms with van der Waals surface area (Å²) in [7, 11) is 4.48. The van der Waals surface area contributed by atoms with Crippen molar-refractivity contribution >= 4 is 11.9 Å². The van der Waals surface area contributed by atoms with Gasteiger partial charge in [-0.2, -0.15) is 0 Å². The summed E-state index contributed by atoms with van der Waals surface area (Å²) in [4.78, 5) is 22.8. The van der Waals surface area contributed by atoms with E-state index in [-0.39, 0.29) is 18.9 Å². The molecule has 1 amide bonds. The van der Waals surface area contributed by atoms with Gasteiger partial charge in [-0.15, -0.1) is 0 Å². The molecular weight excluding hydrogens is 290 g/mol. The van der Waals surface area contributed by atoms with Crippen molar-refractivity contribution in [3.05, 3.63) is 23.8 Å². The molecule has 1 unspecified atom stereocenters. The molecule has 2 N–H and O–H groups in total. The molecule has 122 valence electrons. The van der Waals surface area contributed by atoms with Crippen LogP contribution in [0.2, 0.25) is 0 Å². The smallest absolute Gasteiger partial charge is 0.328 e. The van der Waals surface area contributed by atoms with Crippen molar-refractivity contribution in [3.63, 3.8) is 0 Å². The molecule has 7 heteroatoms. The Morgan fingerprint density at radius 2 is 1.95 bits per heavy atom. The summed E-state index contributed by atoms with van der Waals surface area (Å²) in [6, 6.07) is 4.26. The molecule has 7 nitrogen and oxygen atoms in total. The second kappa shape index (κ2) is 8.89. The minimum atomic E-state index is -1.13. The zero-order chi connectivity index (χ0) is 16.5. The predicted molar refractivity (Wildman–Crippen MR) is 79.3 cm³/mol. The molecule has 0 fully saturated rings. The molecule has 0 saturated heterocycles. The van der Waals surface area contributed by atoms with Crippen LogP contribution in [0.4, 0.5) is 0 Å². The Balaban J connectivity index is 2.65. The highest BCUT2D eigenvalue weighted by Gasteiger charge is 2.19. The number of carbonyl (C=O) groups is 2. The first-order chi connectivity index (χ1) is 10.5. The third kappa shape index (κ3) is 5.25. The van der Waals surface area contributed by atoms with Crippen LogP contribution in [0.25, 0.3) is 0 Å². The highest BCUT2D eigenvalue weighted by atomic mass is 16.5. The molecule has 0 aliphatic rings. The lowest BCUT2D eigenvalue weighted by Crippen LogP contribution is -2.43. The van der Waals surface area contributed by atoms with E-state index in [2.05, 4.69) is 5.32 Å². The van der Waals surface area contributed by atoms with E-state index in [0.717, 1.165) is 5.56 Å². The summed E-state index contributed by atoms with van der Waals surface area (Å²) in [5.41, 5.74) is 0.815. The number of methoxy groups -OCH3 is 3. The van der Waals surface area contributed by atoms with Crippen LogP contribution in [-0.4, -0.2) is 51.0 Å². The van der Waals surface area contributed by atoms with Crippen molar-refractivity contribution in [3.8, 4) is 11.5 Å². The monoisotopic (exact) mass is 311 g/mol. The van der Waals surface area contributed by atoms with Crippen molar-refractivity contribution in [2.24, 2.45) is 0 Å². The van der Waals surface area contributed by atoms with Gasteiger partial charge in [0.05, 0.1) is 20.8 Å². The summed E-state index contributed by atoms with van der Waals surface area (Å²) >= 11 is 0. The number of carboxylic acids is 1. The van der Waals surface area contributed by atoms with Crippen LogP contribution in [0.15, 0.2) is 18.2 Å². The number of benzene rings is 1. The van der Waals surface area contributed by atoms with Gasteiger partial charge in [0.1, 0.15) is 11.5 Å². The molecule has 0 aliphatic carbocycles. The Morgan fingerprint density at radius 3 is 2.50 bits per heavy atom. The van der Waals surface area contributed by atoms with Gasteiger partial charge in [0.2, 0.25) is 5.91 Å². The van der Waals surface area contributed by atoms with E-state index in [9.17, 15) is 9.59 Å². The number of nitrogens with one attached hydrogen (secondary N) is 1. The van der Waals surface area contributed by atoms with Crippen molar-refractivity contribution in [1.29, 1.82) is 0 Å². The number of aliphatic carboxylic acids is 1. The molecule has 0 aliphatic heterocycles. The number of rotatable bonds is 9. The average molecular weight is 311 g/mol. The van der Waals surface area contributed by atoms with Crippen LogP contribution in [0.5, 0.6) is 11.5 Å². The van der Waals surface area contributed by atoms with Crippen LogP contribution < -0.4 is 14.8 Å². The number of hydrogen-bond donors (Lipinski definition) is 2. The fraction of sp³-hybridized carbons (Fsp3) is 0.467. The second-order valence-electron chi connectivity index (χ2n) is 4.59. The topological polar surface area (TPSA) is 94.1 Å². The van der Waals surface area contributed by atoms with Crippen molar-refractivity contribution < 1.29 is 28.9 Å². The number of hydrogen-bond acceptors (Lipinski definition) is 5. The highest BCUT2D eigenvalue weighted by Crippen LogP contribution is 2.25. The van der Waals surface area contributed by atoms with Gasteiger partial charge in [0.25, 0.3) is 0 Å². The molecule has 0 aromatic heterocycles. The number of carboxylic acid groups (broad SMARTS) is 1. The largest absolute Gasteiger partial charge is 0.497 e. The zero-order valence-electron chi connectivity index (χ0n) is 12.9. The summed E-state index contributed by atoms with van der Waals surface area (Å²) in [5.74, 6) is -0.178. The summed E-state index contributed by atoms with van der Waals surface area (Å²) < 4.78 is 15.1. The standard InChI is InChI=1S/C15H21NO6/c1-20-9-12(15(18)19)16-14(17)7-4-10-8-11(21-2)5-6-13(10)22-3/h5-6,8,12H,4,7,9H2,1-3H3,(H,16,17)(H,18,19). The third-order valence-corrected chi connectivity index (χ3v) is 3.08. The van der Waals surface area contributed by atoms with Gasteiger partial charge in [-0.3, -0.25) is 4.79 Å². The number of amides is 1. The molecule has 22 heavy (non-hydrogen) atoms. The zero-order valence-corrected chi connectivity index (χ0v) is 12.9. The first-order valence-electron chi connectivity index (χ1n) is 6.73. The second-order valence-corrected chi connectivity index (χ2v) is 4.59. The van der Waals surface area contributed by atoms with Gasteiger partial charge < -0.3 is 24.6 Å². The maximum Gasteiger partial charge on any atom is 0.328 e. The van der Waals surface area contributed by atoms with Crippen molar-refractivity contribution in [2.45, 2.75) is 18.9 Å². The van der Waals surface area contributed by atoms with E-state index in [4.69, 9.17) is 19.3 Å². The number of ether oxygens (including phenoxy) is 3. The Morgan fingerprint density at radius 1 is 1.23 bits per heavy atom. The van der Waals surface area contributed by atoms with Gasteiger partial charge in [-0.1, -0.05) is 0 Å². The van der Waals surface area contributed by atoms with E-state index in [1.54, 1.807) is 32.4 Å². The maximum atomic E-state index is 11.9. The molecular formula is C15H21NO6. The SMILES string of the molecule is COCC(NC(=O)CCc1cc(OC)ccc1OC)C(=O)O. The molecule has 0 bridgehead atoms. The summed E-state index contributed by atoms with van der Waals surface area (Å²) in [5, 5.41) is 11.4.